The van der Waals surface area contributed by atoms with Crippen LogP contribution in [0.15, 0.2) is 41.3 Å². The number of aromatic nitrogens is 1. The third-order valence-corrected chi connectivity index (χ3v) is 4.94. The van der Waals surface area contributed by atoms with Crippen LogP contribution in [0.4, 0.5) is 13.2 Å². The minimum absolute atomic E-state index is 0.376. The lowest BCUT2D eigenvalue weighted by atomic mass is 10.1. The van der Waals surface area contributed by atoms with Gasteiger partial charge in [0.15, 0.2) is 0 Å². The van der Waals surface area contributed by atoms with Crippen LogP contribution < -0.4 is 0 Å². The molecule has 0 fully saturated rings. The van der Waals surface area contributed by atoms with E-state index >= 15 is 0 Å². The van der Waals surface area contributed by atoms with Gasteiger partial charge in [-0.05, 0) is 36.2 Å². The zero-order valence-electron chi connectivity index (χ0n) is 11.6. The maximum atomic E-state index is 12.8. The molecule has 114 valence electrons. The van der Waals surface area contributed by atoms with Crippen LogP contribution in [0.5, 0.6) is 0 Å². The standard InChI is InChI=1S/C16H12F3NS2/c1-2-10-11(4-3-5-13(10)21)15-20-12-8-9(16(17,18)19)6-7-14(12)22-15/h3-8,21H,2H2,1H3. The fourth-order valence-corrected chi connectivity index (χ4v) is 3.73. The molecule has 1 aromatic heterocycles. The third-order valence-electron chi connectivity index (χ3n) is 3.45. The number of fused-ring (bicyclic) bond motifs is 1. The number of hydrogen-bond donors (Lipinski definition) is 1. The van der Waals surface area contributed by atoms with Gasteiger partial charge in [-0.3, -0.25) is 0 Å². The molecule has 0 saturated carbocycles. The van der Waals surface area contributed by atoms with Crippen LogP contribution in [0.25, 0.3) is 20.8 Å². The van der Waals surface area contributed by atoms with Gasteiger partial charge in [0.2, 0.25) is 0 Å². The molecule has 0 atom stereocenters. The van der Waals surface area contributed by atoms with Crippen LogP contribution >= 0.6 is 24.0 Å². The highest BCUT2D eigenvalue weighted by molar-refractivity contribution is 7.80. The quantitative estimate of drug-likeness (QED) is 0.579. The topological polar surface area (TPSA) is 12.9 Å². The summed E-state index contributed by atoms with van der Waals surface area (Å²) in [5.41, 5.74) is 1.70. The van der Waals surface area contributed by atoms with Gasteiger partial charge in [-0.25, -0.2) is 4.98 Å². The summed E-state index contributed by atoms with van der Waals surface area (Å²) >= 11 is 5.84. The lowest BCUT2D eigenvalue weighted by Crippen LogP contribution is -2.03. The maximum Gasteiger partial charge on any atom is 0.416 e. The molecule has 0 bridgehead atoms. The van der Waals surface area contributed by atoms with E-state index < -0.39 is 11.7 Å². The molecule has 0 unspecified atom stereocenters. The molecule has 0 spiro atoms. The number of thiol groups is 1. The van der Waals surface area contributed by atoms with Crippen molar-refractivity contribution in [2.24, 2.45) is 0 Å². The summed E-state index contributed by atoms with van der Waals surface area (Å²) in [7, 11) is 0. The van der Waals surface area contributed by atoms with Crippen molar-refractivity contribution in [2.45, 2.75) is 24.4 Å². The molecule has 0 N–H and O–H groups in total. The Balaban J connectivity index is 2.16. The van der Waals surface area contributed by atoms with Crippen LogP contribution in [0.2, 0.25) is 0 Å². The van der Waals surface area contributed by atoms with E-state index in [4.69, 9.17) is 0 Å². The molecule has 1 heterocycles. The number of nitrogens with zero attached hydrogens (tertiary/aromatic N) is 1. The monoisotopic (exact) mass is 339 g/mol. The first kappa shape index (κ1) is 15.4. The second-order valence-corrected chi connectivity index (χ2v) is 6.37. The van der Waals surface area contributed by atoms with E-state index in [2.05, 4.69) is 17.6 Å². The number of benzene rings is 2. The number of alkyl halides is 3. The van der Waals surface area contributed by atoms with E-state index in [1.54, 1.807) is 0 Å². The van der Waals surface area contributed by atoms with Crippen molar-refractivity contribution >= 4 is 34.2 Å². The fraction of sp³-hybridized carbons (Fsp3) is 0.188. The summed E-state index contributed by atoms with van der Waals surface area (Å²) in [5, 5.41) is 0.724. The van der Waals surface area contributed by atoms with Gasteiger partial charge in [-0.2, -0.15) is 13.2 Å². The summed E-state index contributed by atoms with van der Waals surface area (Å²) in [4.78, 5) is 5.26. The second-order valence-electron chi connectivity index (χ2n) is 4.86. The molecule has 2 aromatic carbocycles. The van der Waals surface area contributed by atoms with E-state index in [1.807, 2.05) is 25.1 Å². The van der Waals surface area contributed by atoms with Gasteiger partial charge >= 0.3 is 6.18 Å². The first-order valence-electron chi connectivity index (χ1n) is 6.69. The second kappa shape index (κ2) is 5.59. The molecule has 3 rings (SSSR count). The average Bonchev–Trinajstić information content (AvgIpc) is 2.88. The first-order valence-corrected chi connectivity index (χ1v) is 7.95. The van der Waals surface area contributed by atoms with Crippen LogP contribution in [0.3, 0.4) is 0 Å². The van der Waals surface area contributed by atoms with Crippen LogP contribution in [0, 0.1) is 0 Å². The predicted octanol–water partition coefficient (Wildman–Crippen LogP) is 5.83. The van der Waals surface area contributed by atoms with Gasteiger partial charge in [0.05, 0.1) is 15.8 Å². The maximum absolute atomic E-state index is 12.8. The van der Waals surface area contributed by atoms with Crippen LogP contribution in [0.1, 0.15) is 18.1 Å². The van der Waals surface area contributed by atoms with Crippen molar-refractivity contribution in [1.82, 2.24) is 4.98 Å². The summed E-state index contributed by atoms with van der Waals surface area (Å²) in [6.45, 7) is 2.02. The predicted molar refractivity (Wildman–Crippen MR) is 86.7 cm³/mol. The number of hydrogen-bond acceptors (Lipinski definition) is 3. The number of thiazole rings is 1. The summed E-state index contributed by atoms with van der Waals surface area (Å²) in [6, 6.07) is 9.40. The molecule has 0 aliphatic carbocycles. The molecule has 1 nitrogen and oxygen atoms in total. The van der Waals surface area contributed by atoms with Gasteiger partial charge < -0.3 is 0 Å². The smallest absolute Gasteiger partial charge is 0.236 e. The zero-order chi connectivity index (χ0) is 15.9. The molecule has 0 saturated heterocycles. The lowest BCUT2D eigenvalue weighted by molar-refractivity contribution is -0.137. The summed E-state index contributed by atoms with van der Waals surface area (Å²) in [5.74, 6) is 0. The minimum Gasteiger partial charge on any atom is -0.236 e. The Morgan fingerprint density at radius 1 is 1.18 bits per heavy atom. The highest BCUT2D eigenvalue weighted by Gasteiger charge is 2.30. The molecule has 0 aliphatic rings. The molecule has 0 aliphatic heterocycles. The summed E-state index contributed by atoms with van der Waals surface area (Å²) < 4.78 is 39.1. The SMILES string of the molecule is CCc1c(S)cccc1-c1nc2cc(C(F)(F)F)ccc2s1. The van der Waals surface area contributed by atoms with E-state index in [-0.39, 0.29) is 0 Å². The Kier molecular flexibility index (Phi) is 3.91. The number of rotatable bonds is 2. The van der Waals surface area contributed by atoms with Gasteiger partial charge in [0.25, 0.3) is 0 Å². The van der Waals surface area contributed by atoms with E-state index in [1.165, 1.54) is 17.4 Å². The van der Waals surface area contributed by atoms with E-state index in [0.29, 0.717) is 5.52 Å². The Morgan fingerprint density at radius 2 is 1.95 bits per heavy atom. The Hall–Kier alpha value is -1.53. The molecule has 3 aromatic rings. The van der Waals surface area contributed by atoms with Gasteiger partial charge in [-0.1, -0.05) is 19.1 Å². The molecule has 0 amide bonds. The van der Waals surface area contributed by atoms with Gasteiger partial charge in [0, 0.05) is 10.5 Å². The number of halogens is 3. The summed E-state index contributed by atoms with van der Waals surface area (Å²) in [6.07, 6.45) is -3.56. The van der Waals surface area contributed by atoms with Crippen molar-refractivity contribution < 1.29 is 13.2 Å². The van der Waals surface area contributed by atoms with Crippen molar-refractivity contribution in [3.05, 3.63) is 47.5 Å². The van der Waals surface area contributed by atoms with Gasteiger partial charge in [-0.15, -0.1) is 24.0 Å². The molecular weight excluding hydrogens is 327 g/mol. The Labute approximate surface area is 135 Å². The van der Waals surface area contributed by atoms with Crippen molar-refractivity contribution in [1.29, 1.82) is 0 Å². The highest BCUT2D eigenvalue weighted by atomic mass is 32.1. The third kappa shape index (κ3) is 2.73. The van der Waals surface area contributed by atoms with E-state index in [9.17, 15) is 13.2 Å². The Bertz CT molecular complexity index is 837. The van der Waals surface area contributed by atoms with Crippen LogP contribution in [-0.4, -0.2) is 4.98 Å². The average molecular weight is 339 g/mol. The van der Waals surface area contributed by atoms with Crippen molar-refractivity contribution in [3.63, 3.8) is 0 Å². The first-order chi connectivity index (χ1) is 10.4. The fourth-order valence-electron chi connectivity index (χ4n) is 2.37. The Morgan fingerprint density at radius 3 is 2.64 bits per heavy atom. The zero-order valence-corrected chi connectivity index (χ0v) is 13.3. The molecular formula is C16H12F3NS2. The minimum atomic E-state index is -4.35. The molecule has 0 radical (unpaired) electrons. The molecule has 6 heteroatoms. The highest BCUT2D eigenvalue weighted by Crippen LogP contribution is 2.37. The van der Waals surface area contributed by atoms with Crippen molar-refractivity contribution in [2.75, 3.05) is 0 Å². The van der Waals surface area contributed by atoms with Gasteiger partial charge in [0.1, 0.15) is 5.01 Å². The molecule has 22 heavy (non-hydrogen) atoms. The van der Waals surface area contributed by atoms with Crippen molar-refractivity contribution in [3.8, 4) is 10.6 Å². The van der Waals surface area contributed by atoms with E-state index in [0.717, 1.165) is 44.3 Å². The normalized spacial score (nSPS) is 12.0. The lowest BCUT2D eigenvalue weighted by Gasteiger charge is -2.07. The largest absolute Gasteiger partial charge is 0.416 e. The van der Waals surface area contributed by atoms with Crippen LogP contribution in [-0.2, 0) is 12.6 Å².